The SMILES string of the molecule is CCOCCC(O)C(CN)C(C)C. The zero-order valence-electron chi connectivity index (χ0n) is 8.99. The predicted molar refractivity (Wildman–Crippen MR) is 54.5 cm³/mol. The molecule has 0 heterocycles. The molecule has 13 heavy (non-hydrogen) atoms. The van der Waals surface area contributed by atoms with Gasteiger partial charge in [-0.25, -0.2) is 0 Å². The van der Waals surface area contributed by atoms with Crippen molar-refractivity contribution in [3.63, 3.8) is 0 Å². The fourth-order valence-corrected chi connectivity index (χ4v) is 1.44. The van der Waals surface area contributed by atoms with Crippen LogP contribution in [0.4, 0.5) is 0 Å². The third-order valence-corrected chi connectivity index (χ3v) is 2.38. The highest BCUT2D eigenvalue weighted by atomic mass is 16.5. The van der Waals surface area contributed by atoms with Gasteiger partial charge in [-0.2, -0.15) is 0 Å². The number of rotatable bonds is 7. The van der Waals surface area contributed by atoms with Crippen LogP contribution in [-0.4, -0.2) is 31.0 Å². The molecule has 0 aromatic heterocycles. The van der Waals surface area contributed by atoms with Gasteiger partial charge in [0.1, 0.15) is 0 Å². The molecule has 0 spiro atoms. The summed E-state index contributed by atoms with van der Waals surface area (Å²) < 4.78 is 5.18. The van der Waals surface area contributed by atoms with E-state index in [1.165, 1.54) is 0 Å². The molecule has 0 bridgehead atoms. The first kappa shape index (κ1) is 12.9. The Balaban J connectivity index is 3.70. The van der Waals surface area contributed by atoms with Gasteiger partial charge < -0.3 is 15.6 Å². The Morgan fingerprint density at radius 2 is 2.00 bits per heavy atom. The van der Waals surface area contributed by atoms with Crippen molar-refractivity contribution in [2.75, 3.05) is 19.8 Å². The molecule has 3 nitrogen and oxygen atoms in total. The summed E-state index contributed by atoms with van der Waals surface area (Å²) in [6, 6.07) is 0. The molecule has 0 fully saturated rings. The molecule has 0 aromatic rings. The Morgan fingerprint density at radius 3 is 2.38 bits per heavy atom. The minimum atomic E-state index is -0.323. The van der Waals surface area contributed by atoms with Gasteiger partial charge in [0.25, 0.3) is 0 Å². The molecule has 0 aliphatic rings. The van der Waals surface area contributed by atoms with Crippen LogP contribution in [0.15, 0.2) is 0 Å². The molecule has 80 valence electrons. The monoisotopic (exact) mass is 189 g/mol. The van der Waals surface area contributed by atoms with E-state index in [2.05, 4.69) is 13.8 Å². The molecule has 3 N–H and O–H groups in total. The Hall–Kier alpha value is -0.120. The average Bonchev–Trinajstić information content (AvgIpc) is 2.05. The lowest BCUT2D eigenvalue weighted by Gasteiger charge is -2.24. The normalized spacial score (nSPS) is 16.2. The molecule has 0 aromatic carbocycles. The molecule has 0 aliphatic heterocycles. The summed E-state index contributed by atoms with van der Waals surface area (Å²) in [4.78, 5) is 0. The first-order valence-electron chi connectivity index (χ1n) is 5.09. The van der Waals surface area contributed by atoms with Crippen LogP contribution < -0.4 is 5.73 Å². The predicted octanol–water partition coefficient (Wildman–Crippen LogP) is 1.00. The first-order valence-corrected chi connectivity index (χ1v) is 5.09. The lowest BCUT2D eigenvalue weighted by Crippen LogP contribution is -2.32. The fourth-order valence-electron chi connectivity index (χ4n) is 1.44. The summed E-state index contributed by atoms with van der Waals surface area (Å²) >= 11 is 0. The van der Waals surface area contributed by atoms with E-state index in [1.807, 2.05) is 6.92 Å². The van der Waals surface area contributed by atoms with Gasteiger partial charge in [0, 0.05) is 13.2 Å². The van der Waals surface area contributed by atoms with E-state index in [0.717, 1.165) is 0 Å². The third-order valence-electron chi connectivity index (χ3n) is 2.38. The maximum atomic E-state index is 9.75. The van der Waals surface area contributed by atoms with Crippen LogP contribution in [-0.2, 0) is 4.74 Å². The summed E-state index contributed by atoms with van der Waals surface area (Å²) in [5.74, 6) is 0.627. The van der Waals surface area contributed by atoms with Crippen LogP contribution in [0.25, 0.3) is 0 Å². The Labute approximate surface area is 81.3 Å². The van der Waals surface area contributed by atoms with Gasteiger partial charge in [0.15, 0.2) is 0 Å². The molecule has 0 rings (SSSR count). The number of nitrogens with two attached hydrogens (primary N) is 1. The Kier molecular flexibility index (Phi) is 7.23. The Bertz CT molecular complexity index is 117. The van der Waals surface area contributed by atoms with Gasteiger partial charge in [-0.05, 0) is 31.7 Å². The van der Waals surface area contributed by atoms with Crippen LogP contribution >= 0.6 is 0 Å². The van der Waals surface area contributed by atoms with Crippen molar-refractivity contribution in [2.45, 2.75) is 33.3 Å². The van der Waals surface area contributed by atoms with Gasteiger partial charge in [-0.15, -0.1) is 0 Å². The second-order valence-corrected chi connectivity index (χ2v) is 3.70. The van der Waals surface area contributed by atoms with E-state index < -0.39 is 0 Å². The van der Waals surface area contributed by atoms with Gasteiger partial charge >= 0.3 is 0 Å². The second kappa shape index (κ2) is 7.30. The summed E-state index contributed by atoms with van der Waals surface area (Å²) in [6.45, 7) is 8.01. The third kappa shape index (κ3) is 5.24. The standard InChI is InChI=1S/C10H23NO2/c1-4-13-6-5-10(12)9(7-11)8(2)3/h8-10,12H,4-7,11H2,1-3H3. The zero-order chi connectivity index (χ0) is 10.3. The van der Waals surface area contributed by atoms with E-state index in [0.29, 0.717) is 32.1 Å². The minimum absolute atomic E-state index is 0.195. The van der Waals surface area contributed by atoms with Gasteiger partial charge in [-0.1, -0.05) is 13.8 Å². The molecular formula is C10H23NO2. The fraction of sp³-hybridized carbons (Fsp3) is 1.00. The van der Waals surface area contributed by atoms with E-state index in [-0.39, 0.29) is 12.0 Å². The van der Waals surface area contributed by atoms with Crippen molar-refractivity contribution in [1.82, 2.24) is 0 Å². The Morgan fingerprint density at radius 1 is 1.38 bits per heavy atom. The maximum absolute atomic E-state index is 9.75. The van der Waals surface area contributed by atoms with Gasteiger partial charge in [0.05, 0.1) is 6.10 Å². The molecule has 0 amide bonds. The lowest BCUT2D eigenvalue weighted by atomic mass is 9.89. The van der Waals surface area contributed by atoms with Crippen molar-refractivity contribution >= 4 is 0 Å². The number of hydrogen-bond acceptors (Lipinski definition) is 3. The van der Waals surface area contributed by atoms with Crippen LogP contribution in [0.3, 0.4) is 0 Å². The van der Waals surface area contributed by atoms with Crippen LogP contribution in [0.2, 0.25) is 0 Å². The molecule has 2 unspecified atom stereocenters. The smallest absolute Gasteiger partial charge is 0.0604 e. The number of aliphatic hydroxyl groups excluding tert-OH is 1. The van der Waals surface area contributed by atoms with Crippen molar-refractivity contribution in [2.24, 2.45) is 17.6 Å². The highest BCUT2D eigenvalue weighted by Gasteiger charge is 2.20. The highest BCUT2D eigenvalue weighted by molar-refractivity contribution is 4.72. The van der Waals surface area contributed by atoms with Crippen LogP contribution in [0, 0.1) is 11.8 Å². The van der Waals surface area contributed by atoms with Crippen molar-refractivity contribution in [1.29, 1.82) is 0 Å². The minimum Gasteiger partial charge on any atom is -0.393 e. The maximum Gasteiger partial charge on any atom is 0.0604 e. The summed E-state index contributed by atoms with van der Waals surface area (Å²) in [6.07, 6.45) is 0.366. The van der Waals surface area contributed by atoms with Crippen molar-refractivity contribution in [3.05, 3.63) is 0 Å². The molecule has 0 aliphatic carbocycles. The van der Waals surface area contributed by atoms with E-state index in [4.69, 9.17) is 10.5 Å². The van der Waals surface area contributed by atoms with Crippen LogP contribution in [0.1, 0.15) is 27.2 Å². The molecule has 2 atom stereocenters. The highest BCUT2D eigenvalue weighted by Crippen LogP contribution is 2.16. The molecule has 0 radical (unpaired) electrons. The number of ether oxygens (including phenoxy) is 1. The topological polar surface area (TPSA) is 55.5 Å². The summed E-state index contributed by atoms with van der Waals surface area (Å²) in [5, 5.41) is 9.75. The number of aliphatic hydroxyl groups is 1. The molecule has 0 saturated carbocycles. The largest absolute Gasteiger partial charge is 0.393 e. The lowest BCUT2D eigenvalue weighted by molar-refractivity contribution is 0.0422. The average molecular weight is 189 g/mol. The van der Waals surface area contributed by atoms with Crippen LogP contribution in [0.5, 0.6) is 0 Å². The summed E-state index contributed by atoms with van der Waals surface area (Å²) in [5.41, 5.74) is 5.58. The molecule has 3 heteroatoms. The second-order valence-electron chi connectivity index (χ2n) is 3.70. The summed E-state index contributed by atoms with van der Waals surface area (Å²) in [7, 11) is 0. The van der Waals surface area contributed by atoms with Crippen molar-refractivity contribution < 1.29 is 9.84 Å². The number of hydrogen-bond donors (Lipinski definition) is 2. The van der Waals surface area contributed by atoms with Gasteiger partial charge in [0.2, 0.25) is 0 Å². The van der Waals surface area contributed by atoms with E-state index in [1.54, 1.807) is 0 Å². The van der Waals surface area contributed by atoms with Gasteiger partial charge in [-0.3, -0.25) is 0 Å². The van der Waals surface area contributed by atoms with Crippen molar-refractivity contribution in [3.8, 4) is 0 Å². The first-order chi connectivity index (χ1) is 6.13. The van der Waals surface area contributed by atoms with E-state index >= 15 is 0 Å². The molecular weight excluding hydrogens is 166 g/mol. The molecule has 0 saturated heterocycles. The quantitative estimate of drug-likeness (QED) is 0.588. The van der Waals surface area contributed by atoms with E-state index in [9.17, 15) is 5.11 Å². The zero-order valence-corrected chi connectivity index (χ0v) is 8.99.